The van der Waals surface area contributed by atoms with Gasteiger partial charge in [-0.25, -0.2) is 4.39 Å². The molecular formula is C15H8ClFOS. The van der Waals surface area contributed by atoms with Crippen LogP contribution in [-0.2, 0) is 0 Å². The van der Waals surface area contributed by atoms with Crippen molar-refractivity contribution in [3.63, 3.8) is 0 Å². The molecule has 0 unspecified atom stereocenters. The van der Waals surface area contributed by atoms with Gasteiger partial charge in [-0.15, -0.1) is 11.3 Å². The molecule has 0 saturated heterocycles. The molecule has 1 aromatic heterocycles. The van der Waals surface area contributed by atoms with E-state index in [4.69, 9.17) is 11.6 Å². The number of rotatable bonds is 2. The highest BCUT2D eigenvalue weighted by Gasteiger charge is 2.15. The summed E-state index contributed by atoms with van der Waals surface area (Å²) in [6.45, 7) is 0. The monoisotopic (exact) mass is 290 g/mol. The maximum absolute atomic E-state index is 13.1. The Kier molecular flexibility index (Phi) is 3.09. The molecule has 0 bridgehead atoms. The molecule has 19 heavy (non-hydrogen) atoms. The van der Waals surface area contributed by atoms with Crippen molar-refractivity contribution in [3.8, 4) is 0 Å². The summed E-state index contributed by atoms with van der Waals surface area (Å²) < 4.78 is 14.0. The third kappa shape index (κ3) is 2.27. The van der Waals surface area contributed by atoms with Crippen LogP contribution in [0, 0.1) is 5.82 Å². The highest BCUT2D eigenvalue weighted by Crippen LogP contribution is 2.29. The zero-order chi connectivity index (χ0) is 13.4. The Morgan fingerprint density at radius 1 is 1.11 bits per heavy atom. The Bertz CT molecular complexity index is 779. The third-order valence-electron chi connectivity index (χ3n) is 2.82. The molecule has 2 aromatic carbocycles. The van der Waals surface area contributed by atoms with Gasteiger partial charge in [0.05, 0.1) is 9.90 Å². The molecule has 0 fully saturated rings. The Hall–Kier alpha value is -1.71. The molecule has 0 radical (unpaired) electrons. The second-order valence-corrected chi connectivity index (χ2v) is 5.59. The smallest absolute Gasteiger partial charge is 0.204 e. The number of ketones is 1. The fraction of sp³-hybridized carbons (Fsp3) is 0. The summed E-state index contributed by atoms with van der Waals surface area (Å²) in [6.07, 6.45) is 0. The van der Waals surface area contributed by atoms with Crippen LogP contribution in [0.2, 0.25) is 5.02 Å². The average Bonchev–Trinajstić information content (AvgIpc) is 2.81. The summed E-state index contributed by atoms with van der Waals surface area (Å²) in [5.74, 6) is -0.436. The molecule has 0 saturated carbocycles. The zero-order valence-electron chi connectivity index (χ0n) is 9.69. The predicted molar refractivity (Wildman–Crippen MR) is 76.7 cm³/mol. The van der Waals surface area contributed by atoms with Crippen molar-refractivity contribution >= 4 is 38.8 Å². The molecule has 4 heteroatoms. The first-order chi connectivity index (χ1) is 9.15. The molecule has 1 nitrogen and oxygen atoms in total. The summed E-state index contributed by atoms with van der Waals surface area (Å²) in [6, 6.07) is 13.1. The van der Waals surface area contributed by atoms with E-state index >= 15 is 0 Å². The number of thiophene rings is 1. The minimum atomic E-state index is -0.304. The first kappa shape index (κ1) is 12.3. The van der Waals surface area contributed by atoms with Gasteiger partial charge in [-0.1, -0.05) is 23.7 Å². The van der Waals surface area contributed by atoms with Crippen molar-refractivity contribution in [1.29, 1.82) is 0 Å². The first-order valence-corrected chi connectivity index (χ1v) is 6.83. The van der Waals surface area contributed by atoms with Crippen LogP contribution in [0.3, 0.4) is 0 Å². The van der Waals surface area contributed by atoms with Gasteiger partial charge in [0, 0.05) is 10.3 Å². The molecular weight excluding hydrogens is 283 g/mol. The fourth-order valence-corrected chi connectivity index (χ4v) is 3.12. The van der Waals surface area contributed by atoms with E-state index in [-0.39, 0.29) is 11.6 Å². The van der Waals surface area contributed by atoms with Gasteiger partial charge in [0.25, 0.3) is 0 Å². The van der Waals surface area contributed by atoms with E-state index in [2.05, 4.69) is 0 Å². The summed E-state index contributed by atoms with van der Waals surface area (Å²) >= 11 is 7.36. The van der Waals surface area contributed by atoms with Crippen molar-refractivity contribution in [2.24, 2.45) is 0 Å². The summed E-state index contributed by atoms with van der Waals surface area (Å²) in [7, 11) is 0. The Morgan fingerprint density at radius 3 is 2.68 bits per heavy atom. The van der Waals surface area contributed by atoms with E-state index in [1.54, 1.807) is 36.4 Å². The number of hydrogen-bond acceptors (Lipinski definition) is 2. The molecule has 0 aliphatic heterocycles. The van der Waals surface area contributed by atoms with Gasteiger partial charge in [0.15, 0.2) is 0 Å². The van der Waals surface area contributed by atoms with Crippen LogP contribution in [0.15, 0.2) is 48.5 Å². The molecule has 94 valence electrons. The standard InChI is InChI=1S/C15H8ClFOS/c16-12-4-2-1-3-11(12)15(18)14-8-9-7-10(17)5-6-13(9)19-14/h1-8H. The Labute approximate surface area is 118 Å². The number of carbonyl (C=O) groups excluding carboxylic acids is 1. The predicted octanol–water partition coefficient (Wildman–Crippen LogP) is 4.92. The van der Waals surface area contributed by atoms with Gasteiger partial charge in [-0.05, 0) is 41.8 Å². The highest BCUT2D eigenvalue weighted by molar-refractivity contribution is 7.21. The van der Waals surface area contributed by atoms with Crippen LogP contribution >= 0.6 is 22.9 Å². The number of carbonyl (C=O) groups is 1. The maximum Gasteiger partial charge on any atom is 0.204 e. The van der Waals surface area contributed by atoms with Gasteiger partial charge in [0.2, 0.25) is 5.78 Å². The maximum atomic E-state index is 13.1. The average molecular weight is 291 g/mol. The van der Waals surface area contributed by atoms with Crippen LogP contribution < -0.4 is 0 Å². The number of halogens is 2. The fourth-order valence-electron chi connectivity index (χ4n) is 1.90. The molecule has 0 aliphatic carbocycles. The second kappa shape index (κ2) is 4.76. The summed E-state index contributed by atoms with van der Waals surface area (Å²) in [5.41, 5.74) is 0.469. The quantitative estimate of drug-likeness (QED) is 0.612. The van der Waals surface area contributed by atoms with Crippen LogP contribution in [0.25, 0.3) is 10.1 Å². The minimum Gasteiger partial charge on any atom is -0.288 e. The lowest BCUT2D eigenvalue weighted by atomic mass is 10.1. The molecule has 3 aromatic rings. The van der Waals surface area contributed by atoms with Crippen molar-refractivity contribution in [2.45, 2.75) is 0 Å². The Balaban J connectivity index is 2.09. The van der Waals surface area contributed by atoms with Crippen molar-refractivity contribution in [2.75, 3.05) is 0 Å². The van der Waals surface area contributed by atoms with E-state index in [0.717, 1.165) is 10.1 Å². The third-order valence-corrected chi connectivity index (χ3v) is 4.27. The molecule has 0 amide bonds. The number of hydrogen-bond donors (Lipinski definition) is 0. The van der Waals surface area contributed by atoms with Gasteiger partial charge in [-0.2, -0.15) is 0 Å². The number of benzene rings is 2. The second-order valence-electron chi connectivity index (χ2n) is 4.10. The normalized spacial score (nSPS) is 10.8. The topological polar surface area (TPSA) is 17.1 Å². The van der Waals surface area contributed by atoms with E-state index in [1.807, 2.05) is 0 Å². The van der Waals surface area contributed by atoms with Gasteiger partial charge >= 0.3 is 0 Å². The Morgan fingerprint density at radius 2 is 1.89 bits per heavy atom. The lowest BCUT2D eigenvalue weighted by Gasteiger charge is -1.99. The van der Waals surface area contributed by atoms with E-state index in [0.29, 0.717) is 15.5 Å². The zero-order valence-corrected chi connectivity index (χ0v) is 11.3. The minimum absolute atomic E-state index is 0.132. The molecule has 0 atom stereocenters. The van der Waals surface area contributed by atoms with E-state index in [1.165, 1.54) is 23.5 Å². The number of fused-ring (bicyclic) bond motifs is 1. The lowest BCUT2D eigenvalue weighted by molar-refractivity contribution is 0.104. The van der Waals surface area contributed by atoms with Crippen molar-refractivity contribution in [1.82, 2.24) is 0 Å². The summed E-state index contributed by atoms with van der Waals surface area (Å²) in [4.78, 5) is 12.9. The van der Waals surface area contributed by atoms with Crippen LogP contribution in [0.5, 0.6) is 0 Å². The SMILES string of the molecule is O=C(c1cc2cc(F)ccc2s1)c1ccccc1Cl. The molecule has 0 N–H and O–H groups in total. The molecule has 3 rings (SSSR count). The van der Waals surface area contributed by atoms with E-state index < -0.39 is 0 Å². The molecule has 0 spiro atoms. The van der Waals surface area contributed by atoms with Crippen molar-refractivity contribution < 1.29 is 9.18 Å². The van der Waals surface area contributed by atoms with Gasteiger partial charge in [0.1, 0.15) is 5.82 Å². The van der Waals surface area contributed by atoms with Gasteiger partial charge < -0.3 is 0 Å². The summed E-state index contributed by atoms with van der Waals surface area (Å²) in [5, 5.41) is 1.16. The molecule has 0 aliphatic rings. The first-order valence-electron chi connectivity index (χ1n) is 5.63. The highest BCUT2D eigenvalue weighted by atomic mass is 35.5. The van der Waals surface area contributed by atoms with Crippen LogP contribution in [-0.4, -0.2) is 5.78 Å². The lowest BCUT2D eigenvalue weighted by Crippen LogP contribution is -1.98. The largest absolute Gasteiger partial charge is 0.288 e. The van der Waals surface area contributed by atoms with Crippen LogP contribution in [0.1, 0.15) is 15.2 Å². The van der Waals surface area contributed by atoms with E-state index in [9.17, 15) is 9.18 Å². The van der Waals surface area contributed by atoms with Gasteiger partial charge in [-0.3, -0.25) is 4.79 Å². The van der Waals surface area contributed by atoms with Crippen LogP contribution in [0.4, 0.5) is 4.39 Å². The molecule has 1 heterocycles. The van der Waals surface area contributed by atoms with Crippen molar-refractivity contribution in [3.05, 3.63) is 69.8 Å².